The van der Waals surface area contributed by atoms with Crippen molar-refractivity contribution in [1.29, 1.82) is 0 Å². The van der Waals surface area contributed by atoms with Crippen molar-refractivity contribution in [2.24, 2.45) is 23.7 Å². The maximum atomic E-state index is 15.0. The van der Waals surface area contributed by atoms with Crippen LogP contribution in [0.1, 0.15) is 87.0 Å². The smallest absolute Gasteiger partial charge is 0.411 e. The largest absolute Gasteiger partial charge is 0.458 e. The van der Waals surface area contributed by atoms with Gasteiger partial charge in [-0.25, -0.2) is 9.78 Å². The molecule has 2 aromatic rings. The summed E-state index contributed by atoms with van der Waals surface area (Å²) in [5.41, 5.74) is -0.960. The normalized spacial score (nSPS) is 37.5. The Morgan fingerprint density at radius 2 is 1.88 bits per heavy atom. The number of rotatable bonds is 12. The predicted octanol–water partition coefficient (Wildman–Crippen LogP) is 4.69. The number of aromatic nitrogens is 3. The van der Waals surface area contributed by atoms with E-state index < -0.39 is 89.4 Å². The molecule has 60 heavy (non-hydrogen) atoms. The monoisotopic (exact) mass is 833 g/mol. The molecule has 4 fully saturated rings. The molecule has 15 nitrogen and oxygen atoms in total. The molecule has 6 heterocycles. The number of Topliss-reactive ketones (excluding diaryl/α,β-unsaturated/α-hetero) is 2. The van der Waals surface area contributed by atoms with E-state index in [1.54, 1.807) is 44.4 Å². The van der Waals surface area contributed by atoms with Gasteiger partial charge in [0.15, 0.2) is 17.7 Å². The SMILES string of the molecule is C#CCCN(C)[C@H]1C[C@@H](C)O[C@@H](O[C@@H]2[C@@H](C)C(=O)[C@@H](C)C(=O)O[C@H](CC)[C@@]3(C)OC(=O)N4C(CCCn5cnc(-c6cccnc6)c5)[C@@H](C(=O)[C@H](C)C[C@@]2(C)OC)[C@H]43)[C@@H]1O. The molecule has 1 unspecified atom stereocenters. The van der Waals surface area contributed by atoms with Gasteiger partial charge >= 0.3 is 12.1 Å². The number of esters is 1. The molecule has 0 aromatic carbocycles. The lowest BCUT2D eigenvalue weighted by atomic mass is 9.64. The van der Waals surface area contributed by atoms with Crippen LogP contribution in [0, 0.1) is 36.0 Å². The van der Waals surface area contributed by atoms with E-state index >= 15 is 4.79 Å². The van der Waals surface area contributed by atoms with Crippen LogP contribution in [-0.2, 0) is 44.6 Å². The lowest BCUT2D eigenvalue weighted by Crippen LogP contribution is -2.72. The van der Waals surface area contributed by atoms with Crippen LogP contribution < -0.4 is 0 Å². The number of terminal acetylenes is 1. The lowest BCUT2D eigenvalue weighted by Gasteiger charge is -2.54. The molecule has 328 valence electrons. The number of nitrogens with zero attached hydrogens (tertiary/aromatic N) is 5. The predicted molar refractivity (Wildman–Crippen MR) is 220 cm³/mol. The molecule has 1 N–H and O–H groups in total. The molecule has 0 spiro atoms. The molecular weight excluding hydrogens is 771 g/mol. The third kappa shape index (κ3) is 8.63. The van der Waals surface area contributed by atoms with Crippen molar-refractivity contribution < 1.29 is 48.0 Å². The number of pyridine rings is 1. The first-order valence-corrected chi connectivity index (χ1v) is 21.4. The number of imidazole rings is 1. The zero-order valence-corrected chi connectivity index (χ0v) is 36.5. The van der Waals surface area contributed by atoms with Gasteiger partial charge in [0.05, 0.1) is 41.8 Å². The van der Waals surface area contributed by atoms with Gasteiger partial charge in [0, 0.05) is 74.7 Å². The van der Waals surface area contributed by atoms with Crippen molar-refractivity contribution in [1.82, 2.24) is 24.3 Å². The van der Waals surface area contributed by atoms with Crippen LogP contribution in [0.3, 0.4) is 0 Å². The first-order chi connectivity index (χ1) is 28.5. The van der Waals surface area contributed by atoms with E-state index in [-0.39, 0.29) is 30.8 Å². The van der Waals surface area contributed by atoms with E-state index in [4.69, 9.17) is 30.1 Å². The summed E-state index contributed by atoms with van der Waals surface area (Å²) >= 11 is 0. The summed E-state index contributed by atoms with van der Waals surface area (Å²) in [6, 6.07) is 2.26. The van der Waals surface area contributed by atoms with Crippen LogP contribution in [-0.4, -0.2) is 134 Å². The van der Waals surface area contributed by atoms with Crippen LogP contribution >= 0.6 is 0 Å². The molecule has 0 radical (unpaired) electrons. The Morgan fingerprint density at radius 3 is 2.55 bits per heavy atom. The number of likely N-dealkylation sites (N-methyl/N-ethyl adjacent to an activating group) is 1. The second kappa shape index (κ2) is 18.4. The molecule has 0 bridgehead atoms. The van der Waals surface area contributed by atoms with Crippen LogP contribution in [0.25, 0.3) is 11.3 Å². The maximum Gasteiger partial charge on any atom is 0.411 e. The van der Waals surface area contributed by atoms with Crippen LogP contribution in [0.15, 0.2) is 37.1 Å². The molecule has 1 amide bonds. The van der Waals surface area contributed by atoms with Gasteiger partial charge in [-0.15, -0.1) is 12.3 Å². The summed E-state index contributed by atoms with van der Waals surface area (Å²) in [5.74, 6) is -2.20. The molecule has 14 atom stereocenters. The van der Waals surface area contributed by atoms with Crippen LogP contribution in [0.2, 0.25) is 0 Å². The third-order valence-electron chi connectivity index (χ3n) is 13.6. The van der Waals surface area contributed by atoms with Gasteiger partial charge in [-0.1, -0.05) is 20.8 Å². The van der Waals surface area contributed by atoms with Crippen molar-refractivity contribution in [3.05, 3.63) is 37.1 Å². The van der Waals surface area contributed by atoms with E-state index in [0.29, 0.717) is 38.8 Å². The number of aliphatic hydroxyl groups excluding tert-OH is 1. The third-order valence-corrected chi connectivity index (χ3v) is 13.6. The molecule has 4 saturated heterocycles. The number of ether oxygens (including phenoxy) is 5. The fourth-order valence-corrected chi connectivity index (χ4v) is 10.2. The van der Waals surface area contributed by atoms with Crippen LogP contribution in [0.5, 0.6) is 0 Å². The number of aryl methyl sites for hydroxylation is 1. The van der Waals surface area contributed by atoms with Gasteiger partial charge in [0.1, 0.15) is 23.9 Å². The average Bonchev–Trinajstić information content (AvgIpc) is 3.79. The molecule has 2 aromatic heterocycles. The van der Waals surface area contributed by atoms with E-state index in [9.17, 15) is 19.5 Å². The number of ketones is 2. The van der Waals surface area contributed by atoms with E-state index in [2.05, 4.69) is 15.9 Å². The highest BCUT2D eigenvalue weighted by Crippen LogP contribution is 2.52. The van der Waals surface area contributed by atoms with Crippen molar-refractivity contribution in [2.45, 2.75) is 154 Å². The summed E-state index contributed by atoms with van der Waals surface area (Å²) < 4.78 is 33.4. The van der Waals surface area contributed by atoms with Crippen LogP contribution in [0.4, 0.5) is 4.79 Å². The fraction of sp³-hybridized carbons (Fsp3) is 0.689. The second-order valence-electron chi connectivity index (χ2n) is 17.7. The summed E-state index contributed by atoms with van der Waals surface area (Å²) in [6.07, 6.45) is 10.1. The molecule has 4 aliphatic heterocycles. The quantitative estimate of drug-likeness (QED) is 0.178. The van der Waals surface area contributed by atoms with E-state index in [1.807, 2.05) is 55.6 Å². The topological polar surface area (TPSA) is 172 Å². The number of hydrogen-bond acceptors (Lipinski definition) is 13. The van der Waals surface area contributed by atoms with E-state index in [1.165, 1.54) is 14.0 Å². The Labute approximate surface area is 353 Å². The van der Waals surface area contributed by atoms with Crippen molar-refractivity contribution in [2.75, 3.05) is 20.7 Å². The van der Waals surface area contributed by atoms with Crippen molar-refractivity contribution in [3.63, 3.8) is 0 Å². The highest BCUT2D eigenvalue weighted by Gasteiger charge is 2.70. The molecular formula is C45H63N5O10. The Balaban J connectivity index is 1.31. The summed E-state index contributed by atoms with van der Waals surface area (Å²) in [5, 5.41) is 11.7. The van der Waals surface area contributed by atoms with Gasteiger partial charge in [0.2, 0.25) is 0 Å². The number of cyclic esters (lactones) is 1. The number of carbonyl (C=O) groups excluding carboxylic acids is 4. The Bertz CT molecular complexity index is 1900. The Morgan fingerprint density at radius 1 is 1.13 bits per heavy atom. The Kier molecular flexibility index (Phi) is 13.9. The van der Waals surface area contributed by atoms with Gasteiger partial charge in [-0.2, -0.15) is 0 Å². The zero-order valence-electron chi connectivity index (χ0n) is 36.5. The van der Waals surface area contributed by atoms with Gasteiger partial charge in [-0.3, -0.25) is 29.2 Å². The first kappa shape index (κ1) is 45.3. The van der Waals surface area contributed by atoms with Crippen molar-refractivity contribution >= 4 is 23.6 Å². The van der Waals surface area contributed by atoms with E-state index in [0.717, 1.165) is 11.3 Å². The standard InChI is InChI=1S/C45H63N5O10/c1-11-13-19-48(9)33-21-27(4)57-42(38(33)53)59-40-28(5)37(52)29(6)41(54)58-34(12-2)45(8)39-35(36(51)26(3)22-44(40,7)56-10)32(50(39)43(55)60-45)17-15-20-49-24-31(47-25-49)30-16-14-18-46-23-30/h1,14,16,18,23-29,32-35,38-40,42,53H,12-13,15,17,19-22H2,2-10H3/t26-,27-,28+,29-,32?,33+,34-,35+,38-,39+,40-,42+,44-,45-/m1/s1. The lowest BCUT2D eigenvalue weighted by molar-refractivity contribution is -0.296. The average molecular weight is 834 g/mol. The maximum absolute atomic E-state index is 15.0. The summed E-state index contributed by atoms with van der Waals surface area (Å²) in [6.45, 7) is 13.4. The fourth-order valence-electron chi connectivity index (χ4n) is 10.2. The minimum absolute atomic E-state index is 0.0994. The molecule has 0 aliphatic carbocycles. The first-order valence-electron chi connectivity index (χ1n) is 21.4. The van der Waals surface area contributed by atoms with Crippen molar-refractivity contribution in [3.8, 4) is 23.6 Å². The second-order valence-corrected chi connectivity index (χ2v) is 17.7. The molecule has 6 rings (SSSR count). The molecule has 4 aliphatic rings. The highest BCUT2D eigenvalue weighted by molar-refractivity contribution is 6.00. The number of methoxy groups -OCH3 is 1. The molecule has 0 saturated carbocycles. The number of hydrogen-bond donors (Lipinski definition) is 1. The molecule has 15 heteroatoms. The summed E-state index contributed by atoms with van der Waals surface area (Å²) in [4.78, 5) is 69.5. The number of amides is 1. The minimum atomic E-state index is -1.36. The van der Waals surface area contributed by atoms with Gasteiger partial charge in [-0.05, 0) is 79.0 Å². The van der Waals surface area contributed by atoms with Gasteiger partial charge < -0.3 is 33.4 Å². The highest BCUT2D eigenvalue weighted by atomic mass is 16.7. The minimum Gasteiger partial charge on any atom is -0.458 e. The van der Waals surface area contributed by atoms with Gasteiger partial charge in [0.25, 0.3) is 0 Å². The zero-order chi connectivity index (χ0) is 43.7. The Hall–Kier alpha value is -4.20. The number of carbonyl (C=O) groups is 4. The number of aliphatic hydroxyl groups is 1. The summed E-state index contributed by atoms with van der Waals surface area (Å²) in [7, 11) is 3.39.